The second-order valence-corrected chi connectivity index (χ2v) is 7.00. The topological polar surface area (TPSA) is 72.9 Å². The van der Waals surface area contributed by atoms with Crippen LogP contribution in [-0.4, -0.2) is 53.1 Å². The van der Waals surface area contributed by atoms with Crippen molar-refractivity contribution in [2.45, 2.75) is 13.0 Å². The number of hydrogen-bond donors (Lipinski definition) is 2. The SMILES string of the molecule is O=C(O)c1cccc(CN2CCCN(C(=O)Nc3cccc(Cl)c3)CC2)c1. The van der Waals surface area contributed by atoms with E-state index in [1.54, 1.807) is 41.3 Å². The molecule has 3 rings (SSSR count). The van der Waals surface area contributed by atoms with Crippen molar-refractivity contribution in [3.8, 4) is 0 Å². The Bertz CT molecular complexity index is 828. The van der Waals surface area contributed by atoms with Crippen LogP contribution in [0.2, 0.25) is 5.02 Å². The summed E-state index contributed by atoms with van der Waals surface area (Å²) in [6.07, 6.45) is 0.863. The number of nitrogens with zero attached hydrogens (tertiary/aromatic N) is 2. The fraction of sp³-hybridized carbons (Fsp3) is 0.300. The lowest BCUT2D eigenvalue weighted by Crippen LogP contribution is -2.38. The van der Waals surface area contributed by atoms with Gasteiger partial charge in [-0.25, -0.2) is 9.59 Å². The molecule has 7 heteroatoms. The maximum Gasteiger partial charge on any atom is 0.335 e. The number of aromatic carboxylic acids is 1. The first-order chi connectivity index (χ1) is 13.0. The molecular weight excluding hydrogens is 366 g/mol. The molecule has 2 N–H and O–H groups in total. The second-order valence-electron chi connectivity index (χ2n) is 6.56. The van der Waals surface area contributed by atoms with Crippen LogP contribution >= 0.6 is 11.6 Å². The van der Waals surface area contributed by atoms with Crippen LogP contribution in [0.3, 0.4) is 0 Å². The van der Waals surface area contributed by atoms with Gasteiger partial charge in [-0.3, -0.25) is 4.90 Å². The predicted molar refractivity (Wildman–Crippen MR) is 105 cm³/mol. The molecule has 2 aromatic carbocycles. The van der Waals surface area contributed by atoms with Crippen LogP contribution in [-0.2, 0) is 6.54 Å². The van der Waals surface area contributed by atoms with Gasteiger partial charge in [0.2, 0.25) is 0 Å². The Morgan fingerprint density at radius 3 is 2.63 bits per heavy atom. The van der Waals surface area contributed by atoms with Crippen molar-refractivity contribution in [1.29, 1.82) is 0 Å². The lowest BCUT2D eigenvalue weighted by molar-refractivity contribution is 0.0696. The minimum atomic E-state index is -0.920. The third-order valence-corrected chi connectivity index (χ3v) is 4.77. The first-order valence-corrected chi connectivity index (χ1v) is 9.25. The summed E-state index contributed by atoms with van der Waals surface area (Å²) in [5, 5.41) is 12.6. The molecule has 0 aliphatic carbocycles. The number of rotatable bonds is 4. The molecule has 1 aliphatic rings. The molecule has 1 saturated heterocycles. The Balaban J connectivity index is 1.56. The van der Waals surface area contributed by atoms with Gasteiger partial charge in [0.25, 0.3) is 0 Å². The highest BCUT2D eigenvalue weighted by Gasteiger charge is 2.19. The van der Waals surface area contributed by atoms with Crippen LogP contribution in [0, 0.1) is 0 Å². The van der Waals surface area contributed by atoms with Gasteiger partial charge in [0.1, 0.15) is 0 Å². The monoisotopic (exact) mass is 387 g/mol. The van der Waals surface area contributed by atoms with Crippen molar-refractivity contribution in [1.82, 2.24) is 9.80 Å². The molecule has 0 saturated carbocycles. The molecule has 0 aromatic heterocycles. The number of halogens is 1. The molecule has 0 atom stereocenters. The van der Waals surface area contributed by atoms with E-state index in [2.05, 4.69) is 10.2 Å². The van der Waals surface area contributed by atoms with E-state index >= 15 is 0 Å². The van der Waals surface area contributed by atoms with E-state index in [-0.39, 0.29) is 6.03 Å². The molecule has 2 aromatic rings. The summed E-state index contributed by atoms with van der Waals surface area (Å²) in [5.74, 6) is -0.920. The van der Waals surface area contributed by atoms with Crippen molar-refractivity contribution in [3.05, 3.63) is 64.7 Å². The maximum atomic E-state index is 12.5. The summed E-state index contributed by atoms with van der Waals surface area (Å²) in [4.78, 5) is 27.7. The van der Waals surface area contributed by atoms with E-state index in [0.29, 0.717) is 35.9 Å². The molecule has 1 aliphatic heterocycles. The normalized spacial score (nSPS) is 15.2. The van der Waals surface area contributed by atoms with E-state index in [9.17, 15) is 9.59 Å². The Labute approximate surface area is 163 Å². The number of hydrogen-bond acceptors (Lipinski definition) is 3. The second kappa shape index (κ2) is 8.88. The summed E-state index contributed by atoms with van der Waals surface area (Å²) in [7, 11) is 0. The van der Waals surface area contributed by atoms with Gasteiger partial charge >= 0.3 is 12.0 Å². The molecular formula is C20H22ClN3O3. The number of carbonyl (C=O) groups excluding carboxylic acids is 1. The third-order valence-electron chi connectivity index (χ3n) is 4.53. The first-order valence-electron chi connectivity index (χ1n) is 8.87. The van der Waals surface area contributed by atoms with Crippen molar-refractivity contribution in [3.63, 3.8) is 0 Å². The van der Waals surface area contributed by atoms with Crippen LogP contribution < -0.4 is 5.32 Å². The summed E-state index contributed by atoms with van der Waals surface area (Å²) in [5.41, 5.74) is 1.94. The zero-order chi connectivity index (χ0) is 19.2. The van der Waals surface area contributed by atoms with E-state index in [1.165, 1.54) is 0 Å². The zero-order valence-corrected chi connectivity index (χ0v) is 15.7. The van der Waals surface area contributed by atoms with Crippen molar-refractivity contribution < 1.29 is 14.7 Å². The van der Waals surface area contributed by atoms with Gasteiger partial charge in [-0.1, -0.05) is 29.8 Å². The lowest BCUT2D eigenvalue weighted by Gasteiger charge is -2.22. The predicted octanol–water partition coefficient (Wildman–Crippen LogP) is 3.78. The Morgan fingerprint density at radius 2 is 1.85 bits per heavy atom. The maximum absolute atomic E-state index is 12.5. The third kappa shape index (κ3) is 5.45. The number of carbonyl (C=O) groups is 2. The van der Waals surface area contributed by atoms with Crippen LogP contribution in [0.25, 0.3) is 0 Å². The van der Waals surface area contributed by atoms with Gasteiger partial charge in [0, 0.05) is 43.4 Å². The number of nitrogens with one attached hydrogen (secondary N) is 1. The van der Waals surface area contributed by atoms with Crippen molar-refractivity contribution in [2.75, 3.05) is 31.5 Å². The highest BCUT2D eigenvalue weighted by molar-refractivity contribution is 6.30. The van der Waals surface area contributed by atoms with Gasteiger partial charge in [0.15, 0.2) is 0 Å². The Hall–Kier alpha value is -2.57. The number of benzene rings is 2. The molecule has 1 heterocycles. The van der Waals surface area contributed by atoms with E-state index in [0.717, 1.165) is 25.1 Å². The number of anilines is 1. The van der Waals surface area contributed by atoms with Crippen LogP contribution in [0.15, 0.2) is 48.5 Å². The molecule has 1 fully saturated rings. The lowest BCUT2D eigenvalue weighted by atomic mass is 10.1. The van der Waals surface area contributed by atoms with E-state index in [4.69, 9.17) is 16.7 Å². The smallest absolute Gasteiger partial charge is 0.335 e. The minimum absolute atomic E-state index is 0.132. The highest BCUT2D eigenvalue weighted by Crippen LogP contribution is 2.16. The fourth-order valence-electron chi connectivity index (χ4n) is 3.16. The Kier molecular flexibility index (Phi) is 6.32. The summed E-state index contributed by atoms with van der Waals surface area (Å²) in [6, 6.07) is 14.0. The fourth-order valence-corrected chi connectivity index (χ4v) is 3.35. The number of urea groups is 1. The molecule has 0 spiro atoms. The van der Waals surface area contributed by atoms with Crippen LogP contribution in [0.4, 0.5) is 10.5 Å². The van der Waals surface area contributed by atoms with Gasteiger partial charge in [-0.15, -0.1) is 0 Å². The van der Waals surface area contributed by atoms with Gasteiger partial charge in [0.05, 0.1) is 5.56 Å². The molecule has 0 unspecified atom stereocenters. The average Bonchev–Trinajstić information content (AvgIpc) is 2.87. The largest absolute Gasteiger partial charge is 0.478 e. The van der Waals surface area contributed by atoms with Crippen LogP contribution in [0.5, 0.6) is 0 Å². The highest BCUT2D eigenvalue weighted by atomic mass is 35.5. The van der Waals surface area contributed by atoms with Crippen LogP contribution in [0.1, 0.15) is 22.3 Å². The summed E-state index contributed by atoms with van der Waals surface area (Å²) in [6.45, 7) is 3.56. The summed E-state index contributed by atoms with van der Waals surface area (Å²) < 4.78 is 0. The van der Waals surface area contributed by atoms with Gasteiger partial charge in [-0.2, -0.15) is 0 Å². The molecule has 0 bridgehead atoms. The Morgan fingerprint density at radius 1 is 1.04 bits per heavy atom. The van der Waals surface area contributed by atoms with Crippen molar-refractivity contribution >= 4 is 29.3 Å². The quantitative estimate of drug-likeness (QED) is 0.837. The molecule has 142 valence electrons. The number of carboxylic acids is 1. The standard InChI is InChI=1S/C20H22ClN3O3/c21-17-6-2-7-18(13-17)22-20(27)24-9-3-8-23(10-11-24)14-15-4-1-5-16(12-15)19(25)26/h1-2,4-7,12-13H,3,8-11,14H2,(H,22,27)(H,25,26). The van der Waals surface area contributed by atoms with Gasteiger partial charge < -0.3 is 15.3 Å². The van der Waals surface area contributed by atoms with E-state index < -0.39 is 5.97 Å². The average molecular weight is 388 g/mol. The number of amides is 2. The molecule has 0 radical (unpaired) electrons. The molecule has 6 nitrogen and oxygen atoms in total. The van der Waals surface area contributed by atoms with Gasteiger partial charge in [-0.05, 0) is 42.3 Å². The zero-order valence-electron chi connectivity index (χ0n) is 14.9. The number of carboxylic acid groups (broad SMARTS) is 1. The first kappa shape index (κ1) is 19.2. The van der Waals surface area contributed by atoms with E-state index in [1.807, 2.05) is 12.1 Å². The van der Waals surface area contributed by atoms with Crippen molar-refractivity contribution in [2.24, 2.45) is 0 Å². The summed E-state index contributed by atoms with van der Waals surface area (Å²) >= 11 is 5.96. The molecule has 2 amide bonds. The minimum Gasteiger partial charge on any atom is -0.478 e. The molecule has 27 heavy (non-hydrogen) atoms.